The van der Waals surface area contributed by atoms with Gasteiger partial charge in [-0.05, 0) is 43.4 Å². The Labute approximate surface area is 137 Å². The summed E-state index contributed by atoms with van der Waals surface area (Å²) in [6, 6.07) is 7.78. The van der Waals surface area contributed by atoms with Crippen LogP contribution in [0.2, 0.25) is 0 Å². The minimum absolute atomic E-state index is 0.173. The number of nitriles is 1. The zero-order valence-electron chi connectivity index (χ0n) is 13.9. The third-order valence-corrected chi connectivity index (χ3v) is 4.29. The highest BCUT2D eigenvalue weighted by Gasteiger charge is 2.44. The Balaban J connectivity index is 1.95. The minimum Gasteiger partial charge on any atom is -0.493 e. The lowest BCUT2D eigenvalue weighted by Crippen LogP contribution is -2.44. The second-order valence-corrected chi connectivity index (χ2v) is 5.92. The molecule has 1 aliphatic carbocycles. The summed E-state index contributed by atoms with van der Waals surface area (Å²) in [6.45, 7) is 3.16. The van der Waals surface area contributed by atoms with Crippen LogP contribution in [0.5, 0.6) is 11.5 Å². The van der Waals surface area contributed by atoms with E-state index in [1.807, 2.05) is 18.2 Å². The Bertz CT molecular complexity index is 588. The van der Waals surface area contributed by atoms with Gasteiger partial charge in [-0.2, -0.15) is 5.26 Å². The molecule has 23 heavy (non-hydrogen) atoms. The van der Waals surface area contributed by atoms with Crippen molar-refractivity contribution in [2.45, 2.75) is 45.6 Å². The highest BCUT2D eigenvalue weighted by atomic mass is 16.5. The van der Waals surface area contributed by atoms with E-state index in [9.17, 15) is 10.1 Å². The lowest BCUT2D eigenvalue weighted by Gasteiger charge is -2.33. The maximum atomic E-state index is 12.2. The number of hydrogen-bond acceptors (Lipinski definition) is 4. The lowest BCUT2D eigenvalue weighted by atomic mass is 9.69. The molecule has 5 nitrogen and oxygen atoms in total. The van der Waals surface area contributed by atoms with Crippen LogP contribution in [0.15, 0.2) is 18.2 Å². The van der Waals surface area contributed by atoms with Gasteiger partial charge in [-0.3, -0.25) is 4.79 Å². The molecule has 1 N–H and O–H groups in total. The average molecular weight is 316 g/mol. The fourth-order valence-corrected chi connectivity index (χ4v) is 2.54. The van der Waals surface area contributed by atoms with Gasteiger partial charge < -0.3 is 14.8 Å². The Morgan fingerprint density at radius 1 is 1.39 bits per heavy atom. The Morgan fingerprint density at radius 3 is 2.74 bits per heavy atom. The van der Waals surface area contributed by atoms with E-state index in [1.165, 1.54) is 0 Å². The molecule has 0 aliphatic heterocycles. The van der Waals surface area contributed by atoms with Crippen molar-refractivity contribution < 1.29 is 14.3 Å². The molecule has 1 saturated carbocycles. The topological polar surface area (TPSA) is 71.3 Å². The molecule has 0 saturated heterocycles. The Hall–Kier alpha value is -2.22. The van der Waals surface area contributed by atoms with Gasteiger partial charge in [0.2, 0.25) is 5.91 Å². The third kappa shape index (κ3) is 3.95. The van der Waals surface area contributed by atoms with Gasteiger partial charge in [0.25, 0.3) is 0 Å². The predicted molar refractivity (Wildman–Crippen MR) is 87.1 cm³/mol. The monoisotopic (exact) mass is 316 g/mol. The summed E-state index contributed by atoms with van der Waals surface area (Å²) in [5.41, 5.74) is 0.110. The number of rotatable bonds is 8. The molecule has 1 aromatic rings. The van der Waals surface area contributed by atoms with Gasteiger partial charge in [-0.1, -0.05) is 19.4 Å². The van der Waals surface area contributed by atoms with Crippen LogP contribution in [-0.4, -0.2) is 19.6 Å². The predicted octanol–water partition coefficient (Wildman–Crippen LogP) is 3.18. The molecular weight excluding hydrogens is 292 g/mol. The fourth-order valence-electron chi connectivity index (χ4n) is 2.54. The van der Waals surface area contributed by atoms with E-state index in [2.05, 4.69) is 18.3 Å². The number of unbranched alkanes of at least 4 members (excludes halogenated alkanes) is 1. The van der Waals surface area contributed by atoms with Gasteiger partial charge in [-0.25, -0.2) is 0 Å². The smallest absolute Gasteiger partial charge is 0.240 e. The zero-order valence-corrected chi connectivity index (χ0v) is 13.9. The standard InChI is InChI=1S/C18H24N2O3/c1-3-4-10-23-15-7-6-14(11-16(15)22-2)12-20-17(21)18(13-19)8-5-9-18/h6-7,11H,3-5,8-10,12H2,1-2H3,(H,20,21). The first-order chi connectivity index (χ1) is 11.1. The van der Waals surface area contributed by atoms with Gasteiger partial charge in [0.1, 0.15) is 5.41 Å². The number of benzene rings is 1. The van der Waals surface area contributed by atoms with Crippen molar-refractivity contribution in [3.8, 4) is 17.6 Å². The van der Waals surface area contributed by atoms with Crippen LogP contribution in [0.1, 0.15) is 44.6 Å². The number of amides is 1. The van der Waals surface area contributed by atoms with Gasteiger partial charge in [0.15, 0.2) is 11.5 Å². The molecule has 0 aromatic heterocycles. The second kappa shape index (κ2) is 7.87. The number of carbonyl (C=O) groups is 1. The summed E-state index contributed by atoms with van der Waals surface area (Å²) in [7, 11) is 1.60. The molecule has 1 aromatic carbocycles. The van der Waals surface area contributed by atoms with Crippen molar-refractivity contribution in [1.29, 1.82) is 5.26 Å². The molecule has 1 fully saturated rings. The van der Waals surface area contributed by atoms with Crippen LogP contribution < -0.4 is 14.8 Å². The molecule has 0 spiro atoms. The molecule has 0 unspecified atom stereocenters. The van der Waals surface area contributed by atoms with Crippen molar-refractivity contribution in [1.82, 2.24) is 5.32 Å². The van der Waals surface area contributed by atoms with Gasteiger partial charge in [0.05, 0.1) is 19.8 Å². The lowest BCUT2D eigenvalue weighted by molar-refractivity contribution is -0.131. The number of hydrogen-bond donors (Lipinski definition) is 1. The Morgan fingerprint density at radius 2 is 2.17 bits per heavy atom. The molecule has 124 valence electrons. The normalized spacial score (nSPS) is 15.2. The van der Waals surface area contributed by atoms with E-state index >= 15 is 0 Å². The van der Waals surface area contributed by atoms with Gasteiger partial charge >= 0.3 is 0 Å². The SMILES string of the molecule is CCCCOc1ccc(CNC(=O)C2(C#N)CCC2)cc1OC. The number of carbonyl (C=O) groups excluding carboxylic acids is 1. The fraction of sp³-hybridized carbons (Fsp3) is 0.556. The van der Waals surface area contributed by atoms with Crippen LogP contribution in [0.4, 0.5) is 0 Å². The zero-order chi connectivity index (χ0) is 16.7. The van der Waals surface area contributed by atoms with Crippen LogP contribution in [0.25, 0.3) is 0 Å². The first kappa shape index (κ1) is 17.1. The van der Waals surface area contributed by atoms with Crippen LogP contribution in [0.3, 0.4) is 0 Å². The first-order valence-electron chi connectivity index (χ1n) is 8.14. The quantitative estimate of drug-likeness (QED) is 0.748. The highest BCUT2D eigenvalue weighted by Crippen LogP contribution is 2.40. The molecule has 1 amide bonds. The van der Waals surface area contributed by atoms with Crippen molar-refractivity contribution in [2.75, 3.05) is 13.7 Å². The van der Waals surface area contributed by atoms with Gasteiger partial charge in [-0.15, -0.1) is 0 Å². The summed E-state index contributed by atoms with van der Waals surface area (Å²) in [6.07, 6.45) is 4.33. The van der Waals surface area contributed by atoms with E-state index in [0.717, 1.165) is 24.8 Å². The summed E-state index contributed by atoms with van der Waals surface area (Å²) in [4.78, 5) is 12.2. The second-order valence-electron chi connectivity index (χ2n) is 5.92. The molecule has 5 heteroatoms. The van der Waals surface area contributed by atoms with E-state index in [-0.39, 0.29) is 5.91 Å². The van der Waals surface area contributed by atoms with Crippen molar-refractivity contribution in [3.63, 3.8) is 0 Å². The number of methoxy groups -OCH3 is 1. The van der Waals surface area contributed by atoms with E-state index < -0.39 is 5.41 Å². The molecule has 1 aliphatic rings. The molecular formula is C18H24N2O3. The molecule has 0 bridgehead atoms. The number of nitrogens with one attached hydrogen (secondary N) is 1. The average Bonchev–Trinajstić information content (AvgIpc) is 2.53. The highest BCUT2D eigenvalue weighted by molar-refractivity contribution is 5.86. The minimum atomic E-state index is -0.812. The maximum Gasteiger partial charge on any atom is 0.240 e. The summed E-state index contributed by atoms with van der Waals surface area (Å²) in [5, 5.41) is 12.0. The maximum absolute atomic E-state index is 12.2. The van der Waals surface area contributed by atoms with Crippen LogP contribution in [-0.2, 0) is 11.3 Å². The first-order valence-corrected chi connectivity index (χ1v) is 8.14. The number of ether oxygens (including phenoxy) is 2. The van der Waals surface area contributed by atoms with Crippen molar-refractivity contribution in [3.05, 3.63) is 23.8 Å². The summed E-state index contributed by atoms with van der Waals surface area (Å²) in [5.74, 6) is 1.20. The Kier molecular flexibility index (Phi) is 5.86. The van der Waals surface area contributed by atoms with Crippen molar-refractivity contribution in [2.24, 2.45) is 5.41 Å². The van der Waals surface area contributed by atoms with E-state index in [0.29, 0.717) is 37.5 Å². The van der Waals surface area contributed by atoms with Crippen LogP contribution in [0, 0.1) is 16.7 Å². The number of nitrogens with zero attached hydrogens (tertiary/aromatic N) is 1. The van der Waals surface area contributed by atoms with E-state index in [4.69, 9.17) is 9.47 Å². The molecule has 0 atom stereocenters. The summed E-state index contributed by atoms with van der Waals surface area (Å²) >= 11 is 0. The van der Waals surface area contributed by atoms with E-state index in [1.54, 1.807) is 7.11 Å². The third-order valence-electron chi connectivity index (χ3n) is 4.29. The molecule has 2 rings (SSSR count). The largest absolute Gasteiger partial charge is 0.493 e. The van der Waals surface area contributed by atoms with Crippen LogP contribution >= 0.6 is 0 Å². The molecule has 0 heterocycles. The summed E-state index contributed by atoms with van der Waals surface area (Å²) < 4.78 is 11.0. The molecule has 0 radical (unpaired) electrons. The van der Waals surface area contributed by atoms with Gasteiger partial charge in [0, 0.05) is 6.54 Å². The van der Waals surface area contributed by atoms with Crippen molar-refractivity contribution >= 4 is 5.91 Å².